The average Bonchev–Trinajstić information content (AvgIpc) is 3.36. The number of hydrogen-bond acceptors (Lipinski definition) is 0. The van der Waals surface area contributed by atoms with Crippen molar-refractivity contribution in [2.45, 2.75) is 0 Å². The van der Waals surface area contributed by atoms with E-state index in [4.69, 9.17) is 0 Å². The van der Waals surface area contributed by atoms with Crippen molar-refractivity contribution in [1.29, 1.82) is 0 Å². The maximum atomic E-state index is 2.30. The second-order valence-corrected chi connectivity index (χ2v) is 15.4. The van der Waals surface area contributed by atoms with Crippen LogP contribution in [0.15, 0.2) is 243 Å². The molecule has 0 saturated carbocycles. The van der Waals surface area contributed by atoms with Gasteiger partial charge in [0.25, 0.3) is 0 Å². The van der Waals surface area contributed by atoms with E-state index in [-0.39, 0.29) is 0 Å². The van der Waals surface area contributed by atoms with Crippen molar-refractivity contribution in [1.82, 2.24) is 0 Å². The summed E-state index contributed by atoms with van der Waals surface area (Å²) in [6.45, 7) is 0. The summed E-state index contributed by atoms with van der Waals surface area (Å²) in [5, 5.41) is 0. The van der Waals surface area contributed by atoms with E-state index < -0.39 is 0 Å². The van der Waals surface area contributed by atoms with Crippen LogP contribution in [0.5, 0.6) is 0 Å². The SMILES string of the molecule is C(=Cc1ccc(-c2ccc(-c3ccccc3)cc2)cc1/C=C\c1ccc(C=C(c2ccccc2)c2ccccc2)cc1)c1ccc(C=C(c2ccccc2)c2ccccc2)cc1. The van der Waals surface area contributed by atoms with E-state index in [1.54, 1.807) is 0 Å². The predicted molar refractivity (Wildman–Crippen MR) is 268 cm³/mol. The molecule has 0 aliphatic carbocycles. The standard InChI is InChI=1S/C62H46/c1-6-16-51(17-7-1)52-38-40-54(41-39-52)60-43-42-53(36-34-47-26-30-49(31-27-47)44-61(55-18-8-2-9-19-55)56-20-10-3-11-21-56)59(46-60)37-35-48-28-32-50(33-29-48)45-62(57-22-12-4-13-23-57)58-24-14-5-15-25-58/h1-46H/b36-34?,37-35-. The Labute approximate surface area is 366 Å². The minimum absolute atomic E-state index is 1.14. The first-order valence-electron chi connectivity index (χ1n) is 21.2. The number of hydrogen-bond donors (Lipinski definition) is 0. The monoisotopic (exact) mass is 790 g/mol. The van der Waals surface area contributed by atoms with Gasteiger partial charge in [0, 0.05) is 0 Å². The van der Waals surface area contributed by atoms with Crippen LogP contribution in [0.3, 0.4) is 0 Å². The molecule has 294 valence electrons. The summed E-state index contributed by atoms with van der Waals surface area (Å²) < 4.78 is 0. The summed E-state index contributed by atoms with van der Waals surface area (Å²) in [7, 11) is 0. The molecular weight excluding hydrogens is 745 g/mol. The molecule has 0 heterocycles. The fraction of sp³-hybridized carbons (Fsp3) is 0. The first-order valence-corrected chi connectivity index (χ1v) is 21.2. The number of benzene rings is 9. The minimum atomic E-state index is 1.14. The Bertz CT molecular complexity index is 2870. The van der Waals surface area contributed by atoms with E-state index in [0.717, 1.165) is 33.4 Å². The van der Waals surface area contributed by atoms with Gasteiger partial charge in [0.15, 0.2) is 0 Å². The van der Waals surface area contributed by atoms with Gasteiger partial charge in [-0.1, -0.05) is 261 Å². The van der Waals surface area contributed by atoms with E-state index in [0.29, 0.717) is 0 Å². The third kappa shape index (κ3) is 9.86. The lowest BCUT2D eigenvalue weighted by molar-refractivity contribution is 1.55. The molecule has 62 heavy (non-hydrogen) atoms. The normalized spacial score (nSPS) is 11.1. The molecule has 0 bridgehead atoms. The summed E-state index contributed by atoms with van der Waals surface area (Å²) >= 11 is 0. The highest BCUT2D eigenvalue weighted by molar-refractivity contribution is 5.93. The van der Waals surface area contributed by atoms with Crippen molar-refractivity contribution in [3.63, 3.8) is 0 Å². The lowest BCUT2D eigenvalue weighted by Gasteiger charge is -2.10. The van der Waals surface area contributed by atoms with Gasteiger partial charge >= 0.3 is 0 Å². The quantitative estimate of drug-likeness (QED) is 0.108. The largest absolute Gasteiger partial charge is 0.0622 e. The van der Waals surface area contributed by atoms with Gasteiger partial charge in [-0.15, -0.1) is 0 Å². The topological polar surface area (TPSA) is 0 Å². The van der Waals surface area contributed by atoms with Crippen LogP contribution in [0, 0.1) is 0 Å². The van der Waals surface area contributed by atoms with Crippen molar-refractivity contribution in [3.8, 4) is 22.3 Å². The average molecular weight is 791 g/mol. The van der Waals surface area contributed by atoms with E-state index in [1.165, 1.54) is 55.7 Å². The molecule has 9 rings (SSSR count). The van der Waals surface area contributed by atoms with Gasteiger partial charge in [-0.2, -0.15) is 0 Å². The van der Waals surface area contributed by atoms with Crippen LogP contribution in [0.1, 0.15) is 55.6 Å². The fourth-order valence-corrected chi connectivity index (χ4v) is 7.79. The van der Waals surface area contributed by atoms with Crippen molar-refractivity contribution in [2.24, 2.45) is 0 Å². The predicted octanol–water partition coefficient (Wildman–Crippen LogP) is 16.5. The van der Waals surface area contributed by atoms with Gasteiger partial charge in [0.1, 0.15) is 0 Å². The molecule has 0 aliphatic rings. The maximum absolute atomic E-state index is 2.30. The molecule has 0 saturated heterocycles. The molecule has 0 aliphatic heterocycles. The van der Waals surface area contributed by atoms with Crippen molar-refractivity contribution < 1.29 is 0 Å². The molecular formula is C62H46. The molecule has 0 unspecified atom stereocenters. The van der Waals surface area contributed by atoms with E-state index in [9.17, 15) is 0 Å². The van der Waals surface area contributed by atoms with Crippen LogP contribution in [-0.2, 0) is 0 Å². The van der Waals surface area contributed by atoms with Gasteiger partial charge in [0.2, 0.25) is 0 Å². The third-order valence-corrected chi connectivity index (χ3v) is 11.2. The van der Waals surface area contributed by atoms with Crippen LogP contribution in [-0.4, -0.2) is 0 Å². The Morgan fingerprint density at radius 2 is 0.532 bits per heavy atom. The van der Waals surface area contributed by atoms with E-state index in [2.05, 4.69) is 279 Å². The molecule has 0 amide bonds. The first-order chi connectivity index (χ1) is 30.7. The van der Waals surface area contributed by atoms with Crippen molar-refractivity contribution in [2.75, 3.05) is 0 Å². The Kier molecular flexibility index (Phi) is 12.3. The molecule has 0 heteroatoms. The zero-order valence-electron chi connectivity index (χ0n) is 34.6. The van der Waals surface area contributed by atoms with Gasteiger partial charge in [-0.25, -0.2) is 0 Å². The van der Waals surface area contributed by atoms with Crippen LogP contribution in [0.2, 0.25) is 0 Å². The van der Waals surface area contributed by atoms with Gasteiger partial charge < -0.3 is 0 Å². The highest BCUT2D eigenvalue weighted by Gasteiger charge is 2.08. The van der Waals surface area contributed by atoms with Crippen molar-refractivity contribution >= 4 is 47.6 Å². The fourth-order valence-electron chi connectivity index (χ4n) is 7.79. The van der Waals surface area contributed by atoms with Crippen LogP contribution < -0.4 is 0 Å². The number of rotatable bonds is 12. The minimum Gasteiger partial charge on any atom is -0.0622 e. The Hall–Kier alpha value is -8.06. The Morgan fingerprint density at radius 1 is 0.226 bits per heavy atom. The molecule has 0 nitrogen and oxygen atoms in total. The van der Waals surface area contributed by atoms with Crippen LogP contribution in [0.4, 0.5) is 0 Å². The summed E-state index contributed by atoms with van der Waals surface area (Å²) in [5.41, 5.74) is 18.9. The summed E-state index contributed by atoms with van der Waals surface area (Å²) in [4.78, 5) is 0. The van der Waals surface area contributed by atoms with Crippen LogP contribution >= 0.6 is 0 Å². The second-order valence-electron chi connectivity index (χ2n) is 15.4. The molecule has 9 aromatic carbocycles. The lowest BCUT2D eigenvalue weighted by atomic mass is 9.95. The lowest BCUT2D eigenvalue weighted by Crippen LogP contribution is -1.88. The Morgan fingerprint density at radius 3 is 0.935 bits per heavy atom. The smallest absolute Gasteiger partial charge is 0.0105 e. The van der Waals surface area contributed by atoms with Gasteiger partial charge in [-0.3, -0.25) is 0 Å². The molecule has 0 aromatic heterocycles. The molecule has 9 aromatic rings. The molecule has 0 radical (unpaired) electrons. The highest BCUT2D eigenvalue weighted by Crippen LogP contribution is 2.31. The zero-order chi connectivity index (χ0) is 41.8. The van der Waals surface area contributed by atoms with Crippen molar-refractivity contribution in [3.05, 3.63) is 298 Å². The highest BCUT2D eigenvalue weighted by atomic mass is 14.1. The zero-order valence-corrected chi connectivity index (χ0v) is 34.6. The molecule has 0 fully saturated rings. The van der Waals surface area contributed by atoms with Crippen LogP contribution in [0.25, 0.3) is 69.9 Å². The van der Waals surface area contributed by atoms with Gasteiger partial charge in [-0.05, 0) is 107 Å². The van der Waals surface area contributed by atoms with Gasteiger partial charge in [0.05, 0.1) is 0 Å². The molecule has 0 N–H and O–H groups in total. The van der Waals surface area contributed by atoms with E-state index in [1.807, 2.05) is 0 Å². The third-order valence-electron chi connectivity index (χ3n) is 11.2. The summed E-state index contributed by atoms with van der Waals surface area (Å²) in [6, 6.07) is 86.3. The maximum Gasteiger partial charge on any atom is -0.0105 e. The Balaban J connectivity index is 1.01. The first kappa shape index (κ1) is 39.4. The molecule has 0 atom stereocenters. The summed E-state index contributed by atoms with van der Waals surface area (Å²) in [5.74, 6) is 0. The molecule has 0 spiro atoms. The summed E-state index contributed by atoms with van der Waals surface area (Å²) in [6.07, 6.45) is 13.5. The second kappa shape index (κ2) is 19.3. The van der Waals surface area contributed by atoms with E-state index >= 15 is 0 Å².